The third kappa shape index (κ3) is 4.16. The molecule has 1 saturated carbocycles. The van der Waals surface area contributed by atoms with E-state index in [0.29, 0.717) is 5.78 Å². The van der Waals surface area contributed by atoms with Gasteiger partial charge in [0.05, 0.1) is 0 Å². The van der Waals surface area contributed by atoms with Crippen molar-refractivity contribution in [2.45, 2.75) is 45.4 Å². The molecule has 0 aliphatic heterocycles. The van der Waals surface area contributed by atoms with Crippen LogP contribution in [0.4, 0.5) is 0 Å². The van der Waals surface area contributed by atoms with Gasteiger partial charge in [0.15, 0.2) is 5.78 Å². The van der Waals surface area contributed by atoms with Gasteiger partial charge in [0, 0.05) is 16.0 Å². The average molecular weight is 385 g/mol. The van der Waals surface area contributed by atoms with Gasteiger partial charge in [0.2, 0.25) is 0 Å². The summed E-state index contributed by atoms with van der Waals surface area (Å²) in [4.78, 5) is 12.8. The number of ketones is 1. The third-order valence-corrected chi connectivity index (χ3v) is 5.73. The lowest BCUT2D eigenvalue weighted by atomic mass is 9.76. The zero-order chi connectivity index (χ0) is 16.9. The Bertz CT molecular complexity index is 670. The monoisotopic (exact) mass is 384 g/mol. The summed E-state index contributed by atoms with van der Waals surface area (Å²) in [6, 6.07) is 16.4. The summed E-state index contributed by atoms with van der Waals surface area (Å²) in [5.41, 5.74) is 3.21. The molecule has 2 aromatic carbocycles. The molecular formula is C22H25BrO. The molecular weight excluding hydrogens is 360 g/mol. The van der Waals surface area contributed by atoms with E-state index in [1.54, 1.807) is 0 Å². The molecule has 126 valence electrons. The summed E-state index contributed by atoms with van der Waals surface area (Å²) in [5, 5.41) is 0. The molecule has 0 amide bonds. The second-order valence-electron chi connectivity index (χ2n) is 6.97. The van der Waals surface area contributed by atoms with Gasteiger partial charge in [-0.25, -0.2) is 0 Å². The maximum absolute atomic E-state index is 12.8. The van der Waals surface area contributed by atoms with Gasteiger partial charge in [-0.05, 0) is 42.0 Å². The van der Waals surface area contributed by atoms with Crippen molar-refractivity contribution in [3.8, 4) is 11.1 Å². The number of hydrogen-bond acceptors (Lipinski definition) is 1. The molecule has 0 spiro atoms. The van der Waals surface area contributed by atoms with Crippen LogP contribution in [-0.4, -0.2) is 5.78 Å². The van der Waals surface area contributed by atoms with Gasteiger partial charge < -0.3 is 0 Å². The van der Waals surface area contributed by atoms with Crippen molar-refractivity contribution in [1.82, 2.24) is 0 Å². The third-order valence-electron chi connectivity index (χ3n) is 5.20. The van der Waals surface area contributed by atoms with Crippen molar-refractivity contribution >= 4 is 21.7 Å². The van der Waals surface area contributed by atoms with E-state index in [1.807, 2.05) is 24.3 Å². The lowest BCUT2D eigenvalue weighted by Gasteiger charge is -2.28. The molecule has 1 nitrogen and oxygen atoms in total. The fourth-order valence-corrected chi connectivity index (χ4v) is 4.17. The molecule has 0 saturated heterocycles. The number of halogens is 1. The smallest absolute Gasteiger partial charge is 0.165 e. The molecule has 2 atom stereocenters. The Morgan fingerprint density at radius 3 is 2.25 bits per heavy atom. The first-order valence-corrected chi connectivity index (χ1v) is 9.87. The second-order valence-corrected chi connectivity index (χ2v) is 7.88. The van der Waals surface area contributed by atoms with E-state index in [-0.39, 0.29) is 5.92 Å². The highest BCUT2D eigenvalue weighted by atomic mass is 79.9. The van der Waals surface area contributed by atoms with Crippen molar-refractivity contribution in [1.29, 1.82) is 0 Å². The summed E-state index contributed by atoms with van der Waals surface area (Å²) in [6.07, 6.45) is 7.16. The number of hydrogen-bond donors (Lipinski definition) is 0. The van der Waals surface area contributed by atoms with E-state index in [9.17, 15) is 4.79 Å². The van der Waals surface area contributed by atoms with E-state index in [4.69, 9.17) is 0 Å². The number of Topliss-reactive ketones (excluding diaryl/α,β-unsaturated/α-hetero) is 1. The maximum atomic E-state index is 12.8. The molecule has 2 heteroatoms. The fourth-order valence-electron chi connectivity index (χ4n) is 3.90. The van der Waals surface area contributed by atoms with Gasteiger partial charge in [0.1, 0.15) is 0 Å². The minimum absolute atomic E-state index is 0.230. The molecule has 1 fully saturated rings. The Labute approximate surface area is 153 Å². The van der Waals surface area contributed by atoms with Crippen LogP contribution in [0.15, 0.2) is 53.0 Å². The molecule has 0 bridgehead atoms. The fraction of sp³-hybridized carbons (Fsp3) is 0.409. The van der Waals surface area contributed by atoms with Gasteiger partial charge in [-0.2, -0.15) is 0 Å². The van der Waals surface area contributed by atoms with Gasteiger partial charge in [0.25, 0.3) is 0 Å². The largest absolute Gasteiger partial charge is 0.294 e. The normalized spacial score (nSPS) is 20.8. The lowest BCUT2D eigenvalue weighted by Crippen LogP contribution is -2.23. The van der Waals surface area contributed by atoms with Gasteiger partial charge in [-0.15, -0.1) is 0 Å². The van der Waals surface area contributed by atoms with Gasteiger partial charge in [-0.3, -0.25) is 4.79 Å². The summed E-state index contributed by atoms with van der Waals surface area (Å²) < 4.78 is 1.08. The van der Waals surface area contributed by atoms with Crippen LogP contribution >= 0.6 is 15.9 Å². The number of benzene rings is 2. The van der Waals surface area contributed by atoms with Crippen LogP contribution in [0.1, 0.15) is 55.8 Å². The summed E-state index contributed by atoms with van der Waals surface area (Å²) >= 11 is 3.46. The molecule has 0 aromatic heterocycles. The van der Waals surface area contributed by atoms with Gasteiger partial charge >= 0.3 is 0 Å². The first-order valence-electron chi connectivity index (χ1n) is 9.07. The Morgan fingerprint density at radius 2 is 1.62 bits per heavy atom. The van der Waals surface area contributed by atoms with Crippen molar-refractivity contribution in [2.24, 2.45) is 11.8 Å². The summed E-state index contributed by atoms with van der Waals surface area (Å²) in [7, 11) is 0. The quantitative estimate of drug-likeness (QED) is 0.511. The molecule has 0 radical (unpaired) electrons. The van der Waals surface area contributed by atoms with Crippen molar-refractivity contribution in [3.05, 3.63) is 58.6 Å². The number of carbonyl (C=O) groups is 1. The molecule has 2 unspecified atom stereocenters. The van der Waals surface area contributed by atoms with Crippen LogP contribution in [0.5, 0.6) is 0 Å². The van der Waals surface area contributed by atoms with E-state index >= 15 is 0 Å². The van der Waals surface area contributed by atoms with Gasteiger partial charge in [-0.1, -0.05) is 84.9 Å². The minimum Gasteiger partial charge on any atom is -0.294 e. The Kier molecular flexibility index (Phi) is 5.89. The molecule has 0 N–H and O–H groups in total. The van der Waals surface area contributed by atoms with E-state index < -0.39 is 0 Å². The maximum Gasteiger partial charge on any atom is 0.165 e. The van der Waals surface area contributed by atoms with E-state index in [1.165, 1.54) is 31.2 Å². The second kappa shape index (κ2) is 8.11. The molecule has 3 rings (SSSR count). The van der Waals surface area contributed by atoms with E-state index in [0.717, 1.165) is 34.4 Å². The molecule has 1 aliphatic rings. The van der Waals surface area contributed by atoms with Crippen molar-refractivity contribution in [2.75, 3.05) is 0 Å². The molecule has 1 aliphatic carbocycles. The van der Waals surface area contributed by atoms with Crippen molar-refractivity contribution < 1.29 is 4.79 Å². The molecule has 2 aromatic rings. The summed E-state index contributed by atoms with van der Waals surface area (Å²) in [6.45, 7) is 2.24. The minimum atomic E-state index is 0.230. The van der Waals surface area contributed by atoms with Crippen LogP contribution in [0.2, 0.25) is 0 Å². The Balaban J connectivity index is 1.70. The zero-order valence-electron chi connectivity index (χ0n) is 14.3. The molecule has 24 heavy (non-hydrogen) atoms. The zero-order valence-corrected chi connectivity index (χ0v) is 15.9. The standard InChI is InChI=1S/C22H25BrO/c1-2-4-16-5-3-6-20(15-16)22(24)19-9-7-17(8-10-19)18-11-13-21(23)14-12-18/h7-14,16,20H,2-6,15H2,1H3. The predicted octanol–water partition coefficient (Wildman–Crippen LogP) is 6.91. The first-order chi connectivity index (χ1) is 11.7. The SMILES string of the molecule is CCCC1CCCC(C(=O)c2ccc(-c3ccc(Br)cc3)cc2)C1. The highest BCUT2D eigenvalue weighted by molar-refractivity contribution is 9.10. The van der Waals surface area contributed by atoms with Crippen LogP contribution in [0, 0.1) is 11.8 Å². The lowest BCUT2D eigenvalue weighted by molar-refractivity contribution is 0.0860. The first kappa shape index (κ1) is 17.4. The Morgan fingerprint density at radius 1 is 1.00 bits per heavy atom. The topological polar surface area (TPSA) is 17.1 Å². The van der Waals surface area contributed by atoms with Crippen molar-refractivity contribution in [3.63, 3.8) is 0 Å². The highest BCUT2D eigenvalue weighted by Crippen LogP contribution is 2.34. The Hall–Kier alpha value is -1.41. The van der Waals surface area contributed by atoms with Crippen LogP contribution < -0.4 is 0 Å². The van der Waals surface area contributed by atoms with Crippen LogP contribution in [0.3, 0.4) is 0 Å². The number of rotatable bonds is 5. The average Bonchev–Trinajstić information content (AvgIpc) is 2.62. The highest BCUT2D eigenvalue weighted by Gasteiger charge is 2.27. The summed E-state index contributed by atoms with van der Waals surface area (Å²) in [5.74, 6) is 1.33. The molecule has 0 heterocycles. The van der Waals surface area contributed by atoms with E-state index in [2.05, 4.69) is 47.1 Å². The predicted molar refractivity (Wildman–Crippen MR) is 104 cm³/mol. The van der Waals surface area contributed by atoms with Crippen LogP contribution in [-0.2, 0) is 0 Å². The van der Waals surface area contributed by atoms with Crippen LogP contribution in [0.25, 0.3) is 11.1 Å². The number of carbonyl (C=O) groups excluding carboxylic acids is 1.